The van der Waals surface area contributed by atoms with Gasteiger partial charge in [-0.1, -0.05) is 0 Å². The van der Waals surface area contributed by atoms with Crippen molar-refractivity contribution >= 4 is 5.91 Å². The Hall–Kier alpha value is -2.37. The summed E-state index contributed by atoms with van der Waals surface area (Å²) < 4.78 is 2.03. The fourth-order valence-corrected chi connectivity index (χ4v) is 4.36. The van der Waals surface area contributed by atoms with Crippen LogP contribution in [0.2, 0.25) is 0 Å². The van der Waals surface area contributed by atoms with Crippen molar-refractivity contribution in [3.05, 3.63) is 50.7 Å². The molecule has 2 aliphatic rings. The molecular formula is C20H26N4O2. The zero-order chi connectivity index (χ0) is 18.3. The van der Waals surface area contributed by atoms with Crippen LogP contribution in [0.15, 0.2) is 16.9 Å². The van der Waals surface area contributed by atoms with E-state index in [0.29, 0.717) is 18.7 Å². The molecule has 1 fully saturated rings. The third-order valence-corrected chi connectivity index (χ3v) is 5.64. The van der Waals surface area contributed by atoms with Crippen LogP contribution in [0, 0.1) is 13.8 Å². The molecule has 3 heterocycles. The summed E-state index contributed by atoms with van der Waals surface area (Å²) in [7, 11) is 0. The first kappa shape index (κ1) is 17.1. The van der Waals surface area contributed by atoms with Gasteiger partial charge in [0.1, 0.15) is 5.56 Å². The molecule has 2 aromatic heterocycles. The van der Waals surface area contributed by atoms with Crippen LogP contribution in [0.4, 0.5) is 0 Å². The van der Waals surface area contributed by atoms with Crippen molar-refractivity contribution in [3.63, 3.8) is 0 Å². The topological polar surface area (TPSA) is 71.0 Å². The van der Waals surface area contributed by atoms with E-state index in [1.807, 2.05) is 22.6 Å². The number of aromatic nitrogens is 3. The number of carbonyl (C=O) groups is 1. The molecule has 0 saturated carbocycles. The molecule has 1 amide bonds. The molecule has 0 radical (unpaired) electrons. The highest BCUT2D eigenvalue weighted by Crippen LogP contribution is 2.25. The number of nitrogens with one attached hydrogen (secondary N) is 1. The number of hydrogen-bond donors (Lipinski definition) is 1. The number of hydrogen-bond acceptors (Lipinski definition) is 3. The number of carbonyl (C=O) groups excluding carboxylic acids is 1. The smallest absolute Gasteiger partial charge is 0.261 e. The minimum absolute atomic E-state index is 0.147. The molecule has 6 heteroatoms. The Morgan fingerprint density at radius 3 is 2.77 bits per heavy atom. The van der Waals surface area contributed by atoms with Gasteiger partial charge in [-0.25, -0.2) is 0 Å². The van der Waals surface area contributed by atoms with E-state index >= 15 is 0 Å². The van der Waals surface area contributed by atoms with Gasteiger partial charge in [-0.05, 0) is 70.1 Å². The van der Waals surface area contributed by atoms with Crippen LogP contribution in [0.3, 0.4) is 0 Å². The van der Waals surface area contributed by atoms with Crippen LogP contribution in [0.5, 0.6) is 0 Å². The summed E-state index contributed by atoms with van der Waals surface area (Å²) in [6, 6.07) is 4.08. The van der Waals surface area contributed by atoms with E-state index in [1.165, 1.54) is 0 Å². The molecule has 1 aliphatic heterocycles. The fourth-order valence-electron chi connectivity index (χ4n) is 4.36. The molecule has 1 aliphatic carbocycles. The van der Waals surface area contributed by atoms with Crippen LogP contribution < -0.4 is 5.56 Å². The first-order chi connectivity index (χ1) is 12.5. The second-order valence-corrected chi connectivity index (χ2v) is 7.64. The number of amides is 1. The average molecular weight is 354 g/mol. The second kappa shape index (κ2) is 6.74. The Morgan fingerprint density at radius 1 is 1.19 bits per heavy atom. The maximum absolute atomic E-state index is 13.0. The summed E-state index contributed by atoms with van der Waals surface area (Å²) in [4.78, 5) is 30.3. The molecule has 26 heavy (non-hydrogen) atoms. The van der Waals surface area contributed by atoms with Crippen molar-refractivity contribution in [1.29, 1.82) is 0 Å². The van der Waals surface area contributed by atoms with Gasteiger partial charge >= 0.3 is 0 Å². The lowest BCUT2D eigenvalue weighted by atomic mass is 9.94. The summed E-state index contributed by atoms with van der Waals surface area (Å²) >= 11 is 0. The monoisotopic (exact) mass is 354 g/mol. The number of aromatic amines is 1. The number of rotatable bonds is 2. The number of piperidine rings is 1. The third-order valence-electron chi connectivity index (χ3n) is 5.64. The molecule has 1 N–H and O–H groups in total. The SMILES string of the molecule is Cc1cc(C)n(C2CCCN(C(=O)c3cc4c([nH]c3=O)CCCC4)C2)n1. The fraction of sp³-hybridized carbons (Fsp3) is 0.550. The summed E-state index contributed by atoms with van der Waals surface area (Å²) in [6.07, 6.45) is 6.01. The van der Waals surface area contributed by atoms with Gasteiger partial charge in [0.05, 0.1) is 11.7 Å². The van der Waals surface area contributed by atoms with E-state index in [0.717, 1.165) is 61.2 Å². The maximum Gasteiger partial charge on any atom is 0.261 e. The van der Waals surface area contributed by atoms with E-state index in [9.17, 15) is 9.59 Å². The van der Waals surface area contributed by atoms with Crippen LogP contribution in [0.25, 0.3) is 0 Å². The van der Waals surface area contributed by atoms with E-state index in [4.69, 9.17) is 0 Å². The summed E-state index contributed by atoms with van der Waals surface area (Å²) in [5.41, 5.74) is 4.30. The van der Waals surface area contributed by atoms with Gasteiger partial charge in [0.2, 0.25) is 0 Å². The van der Waals surface area contributed by atoms with E-state index < -0.39 is 0 Å². The highest BCUT2D eigenvalue weighted by molar-refractivity contribution is 5.94. The highest BCUT2D eigenvalue weighted by Gasteiger charge is 2.28. The minimum Gasteiger partial charge on any atom is -0.336 e. The number of fused-ring (bicyclic) bond motifs is 1. The molecule has 2 aromatic rings. The lowest BCUT2D eigenvalue weighted by Gasteiger charge is -2.33. The summed E-state index contributed by atoms with van der Waals surface area (Å²) in [5.74, 6) is -0.147. The number of nitrogens with zero attached hydrogens (tertiary/aromatic N) is 3. The predicted molar refractivity (Wildman–Crippen MR) is 99.6 cm³/mol. The maximum atomic E-state index is 13.0. The van der Waals surface area contributed by atoms with Gasteiger partial charge in [-0.15, -0.1) is 0 Å². The first-order valence-corrected chi connectivity index (χ1v) is 9.60. The zero-order valence-corrected chi connectivity index (χ0v) is 15.5. The molecule has 0 spiro atoms. The molecule has 1 saturated heterocycles. The standard InChI is InChI=1S/C20H26N4O2/c1-13-10-14(2)24(22-13)16-7-5-9-23(12-16)20(26)17-11-15-6-3-4-8-18(15)21-19(17)25/h10-11,16H,3-9,12H2,1-2H3,(H,21,25). The number of likely N-dealkylation sites (tertiary alicyclic amines) is 1. The average Bonchev–Trinajstić information content (AvgIpc) is 2.99. The quantitative estimate of drug-likeness (QED) is 0.901. The zero-order valence-electron chi connectivity index (χ0n) is 15.5. The Morgan fingerprint density at radius 2 is 2.00 bits per heavy atom. The minimum atomic E-state index is -0.246. The van der Waals surface area contributed by atoms with Crippen molar-refractivity contribution in [2.24, 2.45) is 0 Å². The van der Waals surface area contributed by atoms with Crippen molar-refractivity contribution in [1.82, 2.24) is 19.7 Å². The van der Waals surface area contributed by atoms with Crippen LogP contribution in [-0.4, -0.2) is 38.7 Å². The molecule has 138 valence electrons. The van der Waals surface area contributed by atoms with E-state index in [2.05, 4.69) is 23.1 Å². The molecule has 4 rings (SSSR count). The Bertz CT molecular complexity index is 896. The molecular weight excluding hydrogens is 328 g/mol. The Balaban J connectivity index is 1.58. The van der Waals surface area contributed by atoms with Crippen LogP contribution in [0.1, 0.15) is 64.7 Å². The molecule has 6 nitrogen and oxygen atoms in total. The molecule has 1 atom stereocenters. The van der Waals surface area contributed by atoms with Gasteiger partial charge in [-0.3, -0.25) is 14.3 Å². The van der Waals surface area contributed by atoms with Crippen molar-refractivity contribution in [3.8, 4) is 0 Å². The molecule has 1 unspecified atom stereocenters. The Kier molecular flexibility index (Phi) is 4.42. The predicted octanol–water partition coefficient (Wildman–Crippen LogP) is 2.54. The van der Waals surface area contributed by atoms with Gasteiger partial charge in [-0.2, -0.15) is 5.10 Å². The van der Waals surface area contributed by atoms with Crippen molar-refractivity contribution in [2.45, 2.75) is 58.4 Å². The van der Waals surface area contributed by atoms with Gasteiger partial charge < -0.3 is 9.88 Å². The second-order valence-electron chi connectivity index (χ2n) is 7.64. The third kappa shape index (κ3) is 3.08. The highest BCUT2D eigenvalue weighted by atomic mass is 16.2. The van der Waals surface area contributed by atoms with Gasteiger partial charge in [0.25, 0.3) is 11.5 Å². The normalized spacial score (nSPS) is 20.1. The lowest BCUT2D eigenvalue weighted by Crippen LogP contribution is -2.43. The van der Waals surface area contributed by atoms with E-state index in [-0.39, 0.29) is 17.5 Å². The summed E-state index contributed by atoms with van der Waals surface area (Å²) in [6.45, 7) is 5.35. The molecule has 0 bridgehead atoms. The van der Waals surface area contributed by atoms with Crippen molar-refractivity contribution in [2.75, 3.05) is 13.1 Å². The number of aryl methyl sites for hydroxylation is 4. The first-order valence-electron chi connectivity index (χ1n) is 9.60. The van der Waals surface area contributed by atoms with E-state index in [1.54, 1.807) is 0 Å². The van der Waals surface area contributed by atoms with Crippen LogP contribution >= 0.6 is 0 Å². The largest absolute Gasteiger partial charge is 0.336 e. The van der Waals surface area contributed by atoms with Gasteiger partial charge in [0.15, 0.2) is 0 Å². The lowest BCUT2D eigenvalue weighted by molar-refractivity contribution is 0.0669. The molecule has 0 aromatic carbocycles. The number of pyridine rings is 1. The Labute approximate surface area is 153 Å². The van der Waals surface area contributed by atoms with Crippen molar-refractivity contribution < 1.29 is 4.79 Å². The summed E-state index contributed by atoms with van der Waals surface area (Å²) in [5, 5.41) is 4.59. The van der Waals surface area contributed by atoms with Gasteiger partial charge in [0, 0.05) is 24.5 Å². The van der Waals surface area contributed by atoms with Crippen LogP contribution in [-0.2, 0) is 12.8 Å². The number of H-pyrrole nitrogens is 1.